The van der Waals surface area contributed by atoms with E-state index in [4.69, 9.17) is 17.2 Å². The summed E-state index contributed by atoms with van der Waals surface area (Å²) in [6.45, 7) is 0.995. The zero-order valence-corrected chi connectivity index (χ0v) is 22.6. The van der Waals surface area contributed by atoms with Crippen LogP contribution >= 0.6 is 0 Å². The van der Waals surface area contributed by atoms with Crippen LogP contribution < -0.4 is 27.8 Å². The summed E-state index contributed by atoms with van der Waals surface area (Å²) in [6, 6.07) is 25.1. The second-order valence-corrected chi connectivity index (χ2v) is 9.49. The highest BCUT2D eigenvalue weighted by atomic mass is 16.2. The van der Waals surface area contributed by atoms with Gasteiger partial charge in [-0.05, 0) is 35.1 Å². The number of urea groups is 1. The maximum Gasteiger partial charge on any atom is 0.312 e. The van der Waals surface area contributed by atoms with Gasteiger partial charge in [0.2, 0.25) is 11.8 Å². The maximum absolute atomic E-state index is 13.7. The number of rotatable bonds is 13. The molecule has 0 aliphatic rings. The summed E-state index contributed by atoms with van der Waals surface area (Å²) < 4.78 is 0. The molecule has 0 aromatic heterocycles. The number of nitrogens with one attached hydrogen (secondary N) is 2. The topological polar surface area (TPSA) is 169 Å². The van der Waals surface area contributed by atoms with Crippen LogP contribution in [0, 0.1) is 0 Å². The van der Waals surface area contributed by atoms with Crippen molar-refractivity contribution < 1.29 is 14.4 Å². The van der Waals surface area contributed by atoms with Gasteiger partial charge >= 0.3 is 6.03 Å². The van der Waals surface area contributed by atoms with Crippen LogP contribution in [0.15, 0.2) is 89.9 Å². The van der Waals surface area contributed by atoms with Gasteiger partial charge in [0.25, 0.3) is 0 Å². The van der Waals surface area contributed by atoms with E-state index in [1.165, 1.54) is 0 Å². The lowest BCUT2D eigenvalue weighted by Crippen LogP contribution is -2.48. The van der Waals surface area contributed by atoms with Gasteiger partial charge in [0.1, 0.15) is 6.04 Å². The quantitative estimate of drug-likeness (QED) is 0.126. The summed E-state index contributed by atoms with van der Waals surface area (Å²) in [5.74, 6) is -1.09. The molecule has 3 aromatic rings. The molecule has 0 bridgehead atoms. The van der Waals surface area contributed by atoms with Crippen LogP contribution in [0.25, 0.3) is 0 Å². The number of aliphatic imine (C=N–C) groups is 1. The number of hydrogen-bond donors (Lipinski definition) is 5. The Morgan fingerprint density at radius 2 is 1.38 bits per heavy atom. The second-order valence-electron chi connectivity index (χ2n) is 9.49. The van der Waals surface area contributed by atoms with E-state index in [0.29, 0.717) is 32.5 Å². The highest BCUT2D eigenvalue weighted by Crippen LogP contribution is 2.25. The molecule has 0 spiro atoms. The molecule has 0 heterocycles. The van der Waals surface area contributed by atoms with Crippen molar-refractivity contribution in [1.82, 2.24) is 15.5 Å². The predicted molar refractivity (Wildman–Crippen MR) is 156 cm³/mol. The normalized spacial score (nSPS) is 11.3. The molecule has 0 aliphatic carbocycles. The van der Waals surface area contributed by atoms with Gasteiger partial charge in [-0.3, -0.25) is 14.6 Å². The predicted octanol–water partition coefficient (Wildman–Crippen LogP) is 2.18. The van der Waals surface area contributed by atoms with E-state index in [1.807, 2.05) is 84.9 Å². The fraction of sp³-hybridized carbons (Fsp3) is 0.267. The summed E-state index contributed by atoms with van der Waals surface area (Å²) in [6.07, 6.45) is 0.866. The van der Waals surface area contributed by atoms with Crippen molar-refractivity contribution in [3.8, 4) is 0 Å². The Bertz CT molecular complexity index is 1240. The molecule has 3 aromatic carbocycles. The Labute approximate surface area is 234 Å². The lowest BCUT2D eigenvalue weighted by molar-refractivity contribution is -0.136. The molecule has 0 fully saturated rings. The molecule has 4 amide bonds. The number of carbonyl (C=O) groups excluding carboxylic acids is 3. The van der Waals surface area contributed by atoms with Crippen molar-refractivity contribution in [3.63, 3.8) is 0 Å². The van der Waals surface area contributed by atoms with Crippen molar-refractivity contribution in [3.05, 3.63) is 107 Å². The van der Waals surface area contributed by atoms with Gasteiger partial charge in [-0.2, -0.15) is 0 Å². The van der Waals surface area contributed by atoms with Crippen molar-refractivity contribution in [2.45, 2.75) is 37.9 Å². The first-order chi connectivity index (χ1) is 19.2. The molecule has 0 radical (unpaired) electrons. The number of likely N-dealkylation sites (N-methyl/N-ethyl adjacent to an activating group) is 1. The Balaban J connectivity index is 1.77. The molecule has 10 heteroatoms. The number of benzene rings is 3. The van der Waals surface area contributed by atoms with Gasteiger partial charge in [0, 0.05) is 26.7 Å². The van der Waals surface area contributed by atoms with Crippen molar-refractivity contribution in [2.24, 2.45) is 22.2 Å². The SMILES string of the molecule is CN(Cc1ccc(CNC(N)=O)cc1)C(=O)[C@@H](CCCN=C(N)N)NC(=O)C(c1ccccc1)c1ccccc1. The third-order valence-corrected chi connectivity index (χ3v) is 6.37. The summed E-state index contributed by atoms with van der Waals surface area (Å²) >= 11 is 0. The van der Waals surface area contributed by atoms with Gasteiger partial charge in [-0.15, -0.1) is 0 Å². The van der Waals surface area contributed by atoms with Crippen LogP contribution in [-0.2, 0) is 22.7 Å². The van der Waals surface area contributed by atoms with E-state index in [9.17, 15) is 14.4 Å². The Morgan fingerprint density at radius 1 is 0.825 bits per heavy atom. The highest BCUT2D eigenvalue weighted by Gasteiger charge is 2.29. The van der Waals surface area contributed by atoms with Gasteiger partial charge in [0.05, 0.1) is 5.92 Å². The van der Waals surface area contributed by atoms with Crippen molar-refractivity contribution >= 4 is 23.8 Å². The largest absolute Gasteiger partial charge is 0.370 e. The highest BCUT2D eigenvalue weighted by molar-refractivity contribution is 5.92. The number of nitrogens with two attached hydrogens (primary N) is 3. The van der Waals surface area contributed by atoms with E-state index < -0.39 is 18.0 Å². The van der Waals surface area contributed by atoms with E-state index in [1.54, 1.807) is 11.9 Å². The molecule has 8 N–H and O–H groups in total. The van der Waals surface area contributed by atoms with Gasteiger partial charge in [-0.25, -0.2) is 4.79 Å². The molecule has 40 heavy (non-hydrogen) atoms. The third kappa shape index (κ3) is 9.16. The van der Waals surface area contributed by atoms with Crippen molar-refractivity contribution in [2.75, 3.05) is 13.6 Å². The molecular weight excluding hydrogens is 506 g/mol. The summed E-state index contributed by atoms with van der Waals surface area (Å²) in [5.41, 5.74) is 19.5. The first-order valence-electron chi connectivity index (χ1n) is 13.1. The molecule has 0 unspecified atom stereocenters. The summed E-state index contributed by atoms with van der Waals surface area (Å²) in [5, 5.41) is 5.56. The minimum Gasteiger partial charge on any atom is -0.370 e. The van der Waals surface area contributed by atoms with E-state index in [2.05, 4.69) is 15.6 Å². The maximum atomic E-state index is 13.7. The molecule has 3 rings (SSSR count). The van der Waals surface area contributed by atoms with Crippen molar-refractivity contribution in [1.29, 1.82) is 0 Å². The monoisotopic (exact) mass is 543 g/mol. The average molecular weight is 544 g/mol. The van der Waals surface area contributed by atoms with Gasteiger partial charge < -0.3 is 32.7 Å². The molecule has 0 saturated carbocycles. The first kappa shape index (κ1) is 29.7. The zero-order chi connectivity index (χ0) is 28.9. The molecule has 210 valence electrons. The van der Waals surface area contributed by atoms with E-state index in [0.717, 1.165) is 22.3 Å². The number of guanidine groups is 1. The first-order valence-corrected chi connectivity index (χ1v) is 13.1. The third-order valence-electron chi connectivity index (χ3n) is 6.37. The van der Waals surface area contributed by atoms with Gasteiger partial charge in [0.15, 0.2) is 5.96 Å². The van der Waals surface area contributed by atoms with Crippen LogP contribution in [0.5, 0.6) is 0 Å². The smallest absolute Gasteiger partial charge is 0.312 e. The lowest BCUT2D eigenvalue weighted by atomic mass is 9.90. The lowest BCUT2D eigenvalue weighted by Gasteiger charge is -2.27. The molecule has 0 saturated heterocycles. The summed E-state index contributed by atoms with van der Waals surface area (Å²) in [7, 11) is 1.70. The molecule has 0 aliphatic heterocycles. The van der Waals surface area contributed by atoms with Gasteiger partial charge in [-0.1, -0.05) is 84.9 Å². The van der Waals surface area contributed by atoms with Crippen LogP contribution in [0.4, 0.5) is 4.79 Å². The minimum atomic E-state index is -0.777. The Kier molecular flexibility index (Phi) is 11.1. The van der Waals surface area contributed by atoms with E-state index in [-0.39, 0.29) is 17.8 Å². The molecular formula is C30H37N7O3. The number of nitrogens with zero attached hydrogens (tertiary/aromatic N) is 2. The van der Waals surface area contributed by atoms with Crippen LogP contribution in [0.1, 0.15) is 41.0 Å². The van der Waals surface area contributed by atoms with Crippen LogP contribution in [-0.4, -0.2) is 48.3 Å². The summed E-state index contributed by atoms with van der Waals surface area (Å²) in [4.78, 5) is 43.9. The second kappa shape index (κ2) is 14.9. The fourth-order valence-electron chi connectivity index (χ4n) is 4.37. The zero-order valence-electron chi connectivity index (χ0n) is 22.6. The number of amides is 4. The van der Waals surface area contributed by atoms with E-state index >= 15 is 0 Å². The van der Waals surface area contributed by atoms with Crippen LogP contribution in [0.3, 0.4) is 0 Å². The van der Waals surface area contributed by atoms with Crippen LogP contribution in [0.2, 0.25) is 0 Å². The standard InChI is InChI=1S/C30H37N7O3/c1-37(20-22-16-14-21(15-17-22)19-35-30(33)40)28(39)25(13-8-18-34-29(31)32)36-27(38)26(23-9-4-2-5-10-23)24-11-6-3-7-12-24/h2-7,9-12,14-17,25-26H,8,13,18-20H2,1H3,(H,36,38)(H4,31,32,34)(H3,33,35,40)/t25-/m1/s1. The molecule has 10 nitrogen and oxygen atoms in total. The fourth-order valence-corrected chi connectivity index (χ4v) is 4.37. The average Bonchev–Trinajstić information content (AvgIpc) is 2.95. The molecule has 1 atom stereocenters. The Morgan fingerprint density at radius 3 is 1.90 bits per heavy atom. The Hall–Kier alpha value is -4.86. The number of carbonyl (C=O) groups is 3. The number of hydrogen-bond acceptors (Lipinski definition) is 4. The number of primary amides is 1. The minimum absolute atomic E-state index is 0.0216.